The molecule has 0 aliphatic carbocycles. The molecule has 5 nitrogen and oxygen atoms in total. The van der Waals surface area contributed by atoms with Gasteiger partial charge in [-0.05, 0) is 24.6 Å². The minimum absolute atomic E-state index is 0.0504. The first-order valence-electron chi connectivity index (χ1n) is 7.74. The monoisotopic (exact) mass is 289 g/mol. The summed E-state index contributed by atoms with van der Waals surface area (Å²) >= 11 is 0. The Balaban J connectivity index is 1.66. The molecule has 0 aromatic heterocycles. The lowest BCUT2D eigenvalue weighted by Gasteiger charge is -2.24. The lowest BCUT2D eigenvalue weighted by atomic mass is 10.00. The third-order valence-corrected chi connectivity index (χ3v) is 4.45. The average Bonchev–Trinajstić information content (AvgIpc) is 2.80. The highest BCUT2D eigenvalue weighted by Gasteiger charge is 2.32. The van der Waals surface area contributed by atoms with Crippen LogP contribution >= 0.6 is 0 Å². The zero-order valence-electron chi connectivity index (χ0n) is 12.3. The maximum atomic E-state index is 12.8. The summed E-state index contributed by atoms with van der Waals surface area (Å²) in [5.74, 6) is 0.184. The lowest BCUT2D eigenvalue weighted by Crippen LogP contribution is -2.39. The molecule has 1 aromatic rings. The minimum atomic E-state index is -0.0504. The highest BCUT2D eigenvalue weighted by atomic mass is 16.3. The molecular weight excluding hydrogens is 266 g/mol. The molecular formula is C16H23N3O2. The zero-order valence-corrected chi connectivity index (χ0v) is 12.3. The summed E-state index contributed by atoms with van der Waals surface area (Å²) in [4.78, 5) is 17.0. The summed E-state index contributed by atoms with van der Waals surface area (Å²) in [6.45, 7) is 4.99. The molecule has 0 spiro atoms. The van der Waals surface area contributed by atoms with Crippen LogP contribution in [0.5, 0.6) is 0 Å². The molecule has 114 valence electrons. The Labute approximate surface area is 125 Å². The van der Waals surface area contributed by atoms with Gasteiger partial charge in [0.2, 0.25) is 5.91 Å². The van der Waals surface area contributed by atoms with Crippen molar-refractivity contribution in [1.29, 1.82) is 0 Å². The molecule has 1 saturated heterocycles. The Hall–Kier alpha value is -1.59. The molecule has 1 atom stereocenters. The Morgan fingerprint density at radius 1 is 1.24 bits per heavy atom. The minimum Gasteiger partial charge on any atom is -0.395 e. The van der Waals surface area contributed by atoms with Gasteiger partial charge in [0, 0.05) is 38.4 Å². The zero-order chi connectivity index (χ0) is 14.7. The Morgan fingerprint density at radius 3 is 2.95 bits per heavy atom. The van der Waals surface area contributed by atoms with E-state index in [-0.39, 0.29) is 18.4 Å². The number of amides is 1. The third-order valence-electron chi connectivity index (χ3n) is 4.45. The van der Waals surface area contributed by atoms with E-state index < -0.39 is 0 Å². The number of aliphatic hydroxyl groups is 1. The van der Waals surface area contributed by atoms with Crippen LogP contribution in [0.15, 0.2) is 24.3 Å². The van der Waals surface area contributed by atoms with E-state index in [0.717, 1.165) is 43.9 Å². The molecule has 1 amide bonds. The van der Waals surface area contributed by atoms with Crippen molar-refractivity contribution in [3.63, 3.8) is 0 Å². The molecule has 21 heavy (non-hydrogen) atoms. The number of fused-ring (bicyclic) bond motifs is 1. The maximum absolute atomic E-state index is 12.8. The van der Waals surface area contributed by atoms with E-state index >= 15 is 0 Å². The fraction of sp³-hybridized carbons (Fsp3) is 0.562. The first-order chi connectivity index (χ1) is 10.3. The van der Waals surface area contributed by atoms with Crippen molar-refractivity contribution in [3.05, 3.63) is 29.8 Å². The van der Waals surface area contributed by atoms with Gasteiger partial charge in [-0.2, -0.15) is 0 Å². The van der Waals surface area contributed by atoms with Gasteiger partial charge in [-0.15, -0.1) is 0 Å². The second-order valence-electron chi connectivity index (χ2n) is 5.76. The van der Waals surface area contributed by atoms with Crippen molar-refractivity contribution < 1.29 is 9.90 Å². The van der Waals surface area contributed by atoms with E-state index in [1.165, 1.54) is 0 Å². The van der Waals surface area contributed by atoms with Crippen LogP contribution in [0.2, 0.25) is 0 Å². The Bertz CT molecular complexity index is 506. The van der Waals surface area contributed by atoms with Crippen molar-refractivity contribution in [1.82, 2.24) is 9.80 Å². The number of nitrogens with one attached hydrogen (secondary N) is 1. The van der Waals surface area contributed by atoms with Gasteiger partial charge < -0.3 is 15.3 Å². The molecule has 0 bridgehead atoms. The maximum Gasteiger partial charge on any atom is 0.232 e. The van der Waals surface area contributed by atoms with Crippen LogP contribution < -0.4 is 5.32 Å². The first-order valence-corrected chi connectivity index (χ1v) is 7.74. The second kappa shape index (κ2) is 6.45. The average molecular weight is 289 g/mol. The number of nitrogens with zero attached hydrogens (tertiary/aromatic N) is 2. The van der Waals surface area contributed by atoms with Gasteiger partial charge in [-0.25, -0.2) is 0 Å². The first kappa shape index (κ1) is 14.4. The lowest BCUT2D eigenvalue weighted by molar-refractivity contribution is -0.132. The summed E-state index contributed by atoms with van der Waals surface area (Å²) in [6, 6.07) is 8.08. The van der Waals surface area contributed by atoms with Gasteiger partial charge in [0.25, 0.3) is 0 Å². The molecule has 3 rings (SSSR count). The summed E-state index contributed by atoms with van der Waals surface area (Å²) < 4.78 is 0. The van der Waals surface area contributed by atoms with Crippen LogP contribution in [0, 0.1) is 0 Å². The number of para-hydroxylation sites is 1. The number of benzene rings is 1. The summed E-state index contributed by atoms with van der Waals surface area (Å²) in [6.07, 6.45) is 0.980. The van der Waals surface area contributed by atoms with E-state index in [1.807, 2.05) is 29.2 Å². The number of aliphatic hydroxyl groups excluding tert-OH is 1. The quantitative estimate of drug-likeness (QED) is 0.861. The number of carbonyl (C=O) groups is 1. The number of carbonyl (C=O) groups excluding carboxylic acids is 1. The van der Waals surface area contributed by atoms with E-state index in [2.05, 4.69) is 10.2 Å². The normalized spacial score (nSPS) is 22.5. The van der Waals surface area contributed by atoms with Gasteiger partial charge in [-0.1, -0.05) is 18.2 Å². The van der Waals surface area contributed by atoms with Crippen LogP contribution in [0.25, 0.3) is 0 Å². The van der Waals surface area contributed by atoms with Crippen molar-refractivity contribution in [2.45, 2.75) is 12.3 Å². The SMILES string of the molecule is O=C(C1CNc2ccccc21)N1CCCN(CCO)CC1. The number of hydrogen-bond donors (Lipinski definition) is 2. The molecule has 0 radical (unpaired) electrons. The number of anilines is 1. The molecule has 1 fully saturated rings. The van der Waals surface area contributed by atoms with Gasteiger partial charge in [0.1, 0.15) is 0 Å². The van der Waals surface area contributed by atoms with E-state index in [4.69, 9.17) is 5.11 Å². The molecule has 2 aliphatic rings. The highest BCUT2D eigenvalue weighted by molar-refractivity contribution is 5.88. The fourth-order valence-corrected chi connectivity index (χ4v) is 3.28. The molecule has 2 aliphatic heterocycles. The van der Waals surface area contributed by atoms with Crippen LogP contribution in [0.1, 0.15) is 17.9 Å². The fourth-order valence-electron chi connectivity index (χ4n) is 3.28. The molecule has 2 N–H and O–H groups in total. The topological polar surface area (TPSA) is 55.8 Å². The van der Waals surface area contributed by atoms with E-state index in [1.54, 1.807) is 0 Å². The van der Waals surface area contributed by atoms with Gasteiger partial charge in [0.05, 0.1) is 12.5 Å². The van der Waals surface area contributed by atoms with Gasteiger partial charge >= 0.3 is 0 Å². The summed E-state index contributed by atoms with van der Waals surface area (Å²) in [7, 11) is 0. The summed E-state index contributed by atoms with van der Waals surface area (Å²) in [5.41, 5.74) is 2.21. The molecule has 2 heterocycles. The van der Waals surface area contributed by atoms with Crippen molar-refractivity contribution in [3.8, 4) is 0 Å². The van der Waals surface area contributed by atoms with Gasteiger partial charge in [0.15, 0.2) is 0 Å². The third kappa shape index (κ3) is 3.04. The van der Waals surface area contributed by atoms with Crippen molar-refractivity contribution >= 4 is 11.6 Å². The van der Waals surface area contributed by atoms with Crippen LogP contribution in [-0.4, -0.2) is 66.7 Å². The molecule has 1 unspecified atom stereocenters. The van der Waals surface area contributed by atoms with Crippen molar-refractivity contribution in [2.24, 2.45) is 0 Å². The molecule has 1 aromatic carbocycles. The summed E-state index contributed by atoms with van der Waals surface area (Å²) in [5, 5.41) is 12.4. The largest absolute Gasteiger partial charge is 0.395 e. The van der Waals surface area contributed by atoms with Gasteiger partial charge in [-0.3, -0.25) is 9.69 Å². The van der Waals surface area contributed by atoms with Crippen LogP contribution in [-0.2, 0) is 4.79 Å². The highest BCUT2D eigenvalue weighted by Crippen LogP contribution is 2.32. The smallest absolute Gasteiger partial charge is 0.232 e. The van der Waals surface area contributed by atoms with Crippen molar-refractivity contribution in [2.75, 3.05) is 51.2 Å². The second-order valence-corrected chi connectivity index (χ2v) is 5.76. The Morgan fingerprint density at radius 2 is 2.10 bits per heavy atom. The van der Waals surface area contributed by atoms with Crippen LogP contribution in [0.3, 0.4) is 0 Å². The molecule has 5 heteroatoms. The predicted molar refractivity (Wildman–Crippen MR) is 82.4 cm³/mol. The Kier molecular flexibility index (Phi) is 4.41. The predicted octanol–water partition coefficient (Wildman–Crippen LogP) is 0.722. The number of rotatable bonds is 3. The number of hydrogen-bond acceptors (Lipinski definition) is 4. The number of β-amino-alcohol motifs (C(OH)–C–C–N with tert-alkyl or cyclic N) is 1. The standard InChI is InChI=1S/C16H23N3O2/c20-11-10-18-6-3-7-19(9-8-18)16(21)14-12-17-15-5-2-1-4-13(14)15/h1-2,4-5,14,17,20H,3,6-12H2. The van der Waals surface area contributed by atoms with Crippen LogP contribution in [0.4, 0.5) is 5.69 Å². The van der Waals surface area contributed by atoms with E-state index in [0.29, 0.717) is 13.1 Å². The van der Waals surface area contributed by atoms with E-state index in [9.17, 15) is 4.79 Å². The molecule has 0 saturated carbocycles.